The number of ketones is 1. The number of esters is 1. The lowest BCUT2D eigenvalue weighted by Gasteiger charge is -2.32. The molecular formula is C10H16O3. The average Bonchev–Trinajstić information content (AvgIpc) is 2.16. The highest BCUT2D eigenvalue weighted by molar-refractivity contribution is 5.88. The monoisotopic (exact) mass is 184 g/mol. The Morgan fingerprint density at radius 2 is 2.31 bits per heavy atom. The second-order valence-corrected chi connectivity index (χ2v) is 3.69. The van der Waals surface area contributed by atoms with Crippen molar-refractivity contribution >= 4 is 11.8 Å². The molecule has 0 radical (unpaired) electrons. The van der Waals surface area contributed by atoms with E-state index >= 15 is 0 Å². The lowest BCUT2D eigenvalue weighted by atomic mass is 9.72. The Kier molecular flexibility index (Phi) is 3.07. The zero-order chi connectivity index (χ0) is 9.90. The van der Waals surface area contributed by atoms with Crippen molar-refractivity contribution in [2.24, 2.45) is 5.41 Å². The number of Topliss-reactive ketones (excluding diaryl/α,β-unsaturated/α-hetero) is 1. The topological polar surface area (TPSA) is 43.4 Å². The van der Waals surface area contributed by atoms with Gasteiger partial charge in [-0.3, -0.25) is 9.59 Å². The first-order valence-electron chi connectivity index (χ1n) is 4.75. The van der Waals surface area contributed by atoms with Crippen LogP contribution in [-0.4, -0.2) is 18.9 Å². The van der Waals surface area contributed by atoms with Crippen LogP contribution in [0.2, 0.25) is 0 Å². The summed E-state index contributed by atoms with van der Waals surface area (Å²) < 4.78 is 4.74. The smallest absolute Gasteiger partial charge is 0.312 e. The SMILES string of the molecule is CC[C@]1(C(=O)OC)CCCC(=O)C1. The van der Waals surface area contributed by atoms with Gasteiger partial charge >= 0.3 is 5.97 Å². The summed E-state index contributed by atoms with van der Waals surface area (Å²) >= 11 is 0. The van der Waals surface area contributed by atoms with Gasteiger partial charge in [0.05, 0.1) is 12.5 Å². The Balaban J connectivity index is 2.78. The maximum absolute atomic E-state index is 11.5. The predicted octanol–water partition coefficient (Wildman–Crippen LogP) is 1.70. The van der Waals surface area contributed by atoms with Crippen molar-refractivity contribution in [3.8, 4) is 0 Å². The largest absolute Gasteiger partial charge is 0.469 e. The first-order chi connectivity index (χ1) is 6.14. The van der Waals surface area contributed by atoms with Crippen LogP contribution in [0.3, 0.4) is 0 Å². The van der Waals surface area contributed by atoms with Crippen LogP contribution in [0.15, 0.2) is 0 Å². The van der Waals surface area contributed by atoms with Gasteiger partial charge in [0.1, 0.15) is 5.78 Å². The molecule has 1 rings (SSSR count). The number of carbonyl (C=O) groups excluding carboxylic acids is 2. The number of hydrogen-bond acceptors (Lipinski definition) is 3. The maximum atomic E-state index is 11.5. The van der Waals surface area contributed by atoms with Crippen molar-refractivity contribution in [1.29, 1.82) is 0 Å². The molecule has 0 heterocycles. The highest BCUT2D eigenvalue weighted by Gasteiger charge is 2.41. The molecule has 74 valence electrons. The number of rotatable bonds is 2. The molecule has 0 aliphatic heterocycles. The molecule has 1 atom stereocenters. The van der Waals surface area contributed by atoms with Crippen molar-refractivity contribution in [3.63, 3.8) is 0 Å². The molecule has 0 aromatic carbocycles. The van der Waals surface area contributed by atoms with Gasteiger partial charge in [0.15, 0.2) is 0 Å². The average molecular weight is 184 g/mol. The van der Waals surface area contributed by atoms with Gasteiger partial charge in [-0.05, 0) is 19.3 Å². The summed E-state index contributed by atoms with van der Waals surface area (Å²) in [5, 5.41) is 0. The number of methoxy groups -OCH3 is 1. The fourth-order valence-electron chi connectivity index (χ4n) is 2.01. The molecule has 1 saturated carbocycles. The Hall–Kier alpha value is -0.860. The second-order valence-electron chi connectivity index (χ2n) is 3.69. The Morgan fingerprint density at radius 3 is 2.77 bits per heavy atom. The molecule has 0 saturated heterocycles. The number of carbonyl (C=O) groups is 2. The third-order valence-corrected chi connectivity index (χ3v) is 2.94. The Morgan fingerprint density at radius 1 is 1.62 bits per heavy atom. The minimum atomic E-state index is -0.510. The summed E-state index contributed by atoms with van der Waals surface area (Å²) in [6, 6.07) is 0. The van der Waals surface area contributed by atoms with Gasteiger partial charge in [0.2, 0.25) is 0 Å². The van der Waals surface area contributed by atoms with Gasteiger partial charge in [0.25, 0.3) is 0 Å². The van der Waals surface area contributed by atoms with E-state index < -0.39 is 5.41 Å². The lowest BCUT2D eigenvalue weighted by molar-refractivity contribution is -0.157. The van der Waals surface area contributed by atoms with Crippen LogP contribution in [0.1, 0.15) is 39.0 Å². The van der Waals surface area contributed by atoms with Gasteiger partial charge in [-0.25, -0.2) is 0 Å². The predicted molar refractivity (Wildman–Crippen MR) is 48.2 cm³/mol. The molecule has 0 N–H and O–H groups in total. The van der Waals surface area contributed by atoms with Crippen LogP contribution in [0, 0.1) is 5.41 Å². The standard InChI is InChI=1S/C10H16O3/c1-3-10(9(12)13-2)6-4-5-8(11)7-10/h3-7H2,1-2H3/t10-/m0/s1. The summed E-state index contributed by atoms with van der Waals surface area (Å²) in [5.74, 6) is -0.0263. The zero-order valence-corrected chi connectivity index (χ0v) is 8.26. The molecule has 0 bridgehead atoms. The first kappa shape index (κ1) is 10.2. The lowest BCUT2D eigenvalue weighted by Crippen LogP contribution is -2.37. The third-order valence-electron chi connectivity index (χ3n) is 2.94. The molecule has 0 aromatic rings. The Bertz CT molecular complexity index is 222. The Labute approximate surface area is 78.5 Å². The highest BCUT2D eigenvalue weighted by atomic mass is 16.5. The first-order valence-corrected chi connectivity index (χ1v) is 4.75. The van der Waals surface area contributed by atoms with Crippen molar-refractivity contribution in [3.05, 3.63) is 0 Å². The van der Waals surface area contributed by atoms with Gasteiger partial charge in [-0.2, -0.15) is 0 Å². The number of hydrogen-bond donors (Lipinski definition) is 0. The fraction of sp³-hybridized carbons (Fsp3) is 0.800. The molecule has 1 fully saturated rings. The maximum Gasteiger partial charge on any atom is 0.312 e. The fourth-order valence-corrected chi connectivity index (χ4v) is 2.01. The molecule has 13 heavy (non-hydrogen) atoms. The van der Waals surface area contributed by atoms with E-state index in [1.165, 1.54) is 7.11 Å². The summed E-state index contributed by atoms with van der Waals surface area (Å²) in [4.78, 5) is 22.7. The minimum absolute atomic E-state index is 0.193. The van der Waals surface area contributed by atoms with E-state index in [4.69, 9.17) is 4.74 Å². The molecule has 0 aromatic heterocycles. The molecule has 1 aliphatic carbocycles. The van der Waals surface area contributed by atoms with E-state index in [0.717, 1.165) is 12.8 Å². The summed E-state index contributed by atoms with van der Waals surface area (Å²) in [5.41, 5.74) is -0.510. The van der Waals surface area contributed by atoms with Crippen LogP contribution < -0.4 is 0 Å². The quantitative estimate of drug-likeness (QED) is 0.613. The van der Waals surface area contributed by atoms with Gasteiger partial charge < -0.3 is 4.74 Å². The molecule has 0 spiro atoms. The minimum Gasteiger partial charge on any atom is -0.469 e. The van der Waals surface area contributed by atoms with E-state index in [1.54, 1.807) is 0 Å². The van der Waals surface area contributed by atoms with E-state index in [-0.39, 0.29) is 11.8 Å². The van der Waals surface area contributed by atoms with E-state index in [1.807, 2.05) is 6.92 Å². The number of ether oxygens (including phenoxy) is 1. The van der Waals surface area contributed by atoms with Crippen LogP contribution in [0.25, 0.3) is 0 Å². The van der Waals surface area contributed by atoms with Crippen LogP contribution >= 0.6 is 0 Å². The molecule has 1 aliphatic rings. The second kappa shape index (κ2) is 3.90. The summed E-state index contributed by atoms with van der Waals surface area (Å²) in [7, 11) is 1.39. The molecule has 3 nitrogen and oxygen atoms in total. The van der Waals surface area contributed by atoms with Crippen molar-refractivity contribution in [2.45, 2.75) is 39.0 Å². The van der Waals surface area contributed by atoms with E-state index in [9.17, 15) is 9.59 Å². The molecule has 0 unspecified atom stereocenters. The normalized spacial score (nSPS) is 28.6. The zero-order valence-electron chi connectivity index (χ0n) is 8.26. The highest BCUT2D eigenvalue weighted by Crippen LogP contribution is 2.38. The molecular weight excluding hydrogens is 168 g/mol. The van der Waals surface area contributed by atoms with Crippen LogP contribution in [0.5, 0.6) is 0 Å². The van der Waals surface area contributed by atoms with Gasteiger partial charge in [0, 0.05) is 12.8 Å². The van der Waals surface area contributed by atoms with Crippen LogP contribution in [0.4, 0.5) is 0 Å². The van der Waals surface area contributed by atoms with E-state index in [2.05, 4.69) is 0 Å². The van der Waals surface area contributed by atoms with Gasteiger partial charge in [-0.1, -0.05) is 6.92 Å². The van der Waals surface area contributed by atoms with E-state index in [0.29, 0.717) is 19.3 Å². The summed E-state index contributed by atoms with van der Waals surface area (Å²) in [6.45, 7) is 1.94. The van der Waals surface area contributed by atoms with Crippen LogP contribution in [-0.2, 0) is 14.3 Å². The van der Waals surface area contributed by atoms with Crippen molar-refractivity contribution in [2.75, 3.05) is 7.11 Å². The van der Waals surface area contributed by atoms with Crippen molar-refractivity contribution < 1.29 is 14.3 Å². The van der Waals surface area contributed by atoms with Crippen molar-refractivity contribution in [1.82, 2.24) is 0 Å². The van der Waals surface area contributed by atoms with Gasteiger partial charge in [-0.15, -0.1) is 0 Å². The summed E-state index contributed by atoms with van der Waals surface area (Å²) in [6.07, 6.45) is 3.31. The third kappa shape index (κ3) is 1.90. The molecule has 0 amide bonds. The molecule has 3 heteroatoms.